The van der Waals surface area contributed by atoms with Crippen molar-refractivity contribution in [1.82, 2.24) is 5.32 Å². The van der Waals surface area contributed by atoms with Crippen molar-refractivity contribution < 1.29 is 33.4 Å². The van der Waals surface area contributed by atoms with Crippen molar-refractivity contribution >= 4 is 14.2 Å². The molecule has 0 rings (SSSR count). The quantitative estimate of drug-likeness (QED) is 0.270. The van der Waals surface area contributed by atoms with Crippen LogP contribution < -0.4 is 5.32 Å². The van der Waals surface area contributed by atoms with Gasteiger partial charge in [-0.3, -0.25) is 4.79 Å². The largest absolute Gasteiger partial charge is 0.694 e. The Balaban J connectivity index is 0. The van der Waals surface area contributed by atoms with E-state index in [9.17, 15) is 9.36 Å². The molecule has 0 saturated carbocycles. The van der Waals surface area contributed by atoms with E-state index in [1.165, 1.54) is 46.3 Å². The van der Waals surface area contributed by atoms with Gasteiger partial charge >= 0.3 is 8.25 Å². The molecule has 2 atom stereocenters. The van der Waals surface area contributed by atoms with Crippen LogP contribution >= 0.6 is 8.25 Å². The average molecular weight is 398 g/mol. The normalized spacial score (nSPS) is 12.1. The van der Waals surface area contributed by atoms with Gasteiger partial charge in [0.05, 0.1) is 13.2 Å². The number of methoxy groups -OCH3 is 2. The Morgan fingerprint density at radius 2 is 1.69 bits per heavy atom. The summed E-state index contributed by atoms with van der Waals surface area (Å²) in [5.41, 5.74) is 0. The summed E-state index contributed by atoms with van der Waals surface area (Å²) in [4.78, 5) is 19.4. The van der Waals surface area contributed by atoms with Gasteiger partial charge in [-0.2, -0.15) is 0 Å². The minimum atomic E-state index is -2.53. The van der Waals surface area contributed by atoms with Crippen LogP contribution in [0, 0.1) is 0 Å². The van der Waals surface area contributed by atoms with E-state index in [0.717, 1.165) is 12.8 Å². The summed E-state index contributed by atoms with van der Waals surface area (Å²) < 4.78 is 24.1. The summed E-state index contributed by atoms with van der Waals surface area (Å²) in [5.74, 6) is 0.0672. The van der Waals surface area contributed by atoms with Gasteiger partial charge in [0.2, 0.25) is 5.91 Å². The predicted octanol–water partition coefficient (Wildman–Crippen LogP) is 2.55. The predicted molar refractivity (Wildman–Crippen MR) is 101 cm³/mol. The van der Waals surface area contributed by atoms with Crippen LogP contribution in [0.4, 0.5) is 0 Å². The van der Waals surface area contributed by atoms with Crippen LogP contribution in [0.1, 0.15) is 58.3 Å². The van der Waals surface area contributed by atoms with Crippen LogP contribution in [0.2, 0.25) is 0 Å². The zero-order valence-corrected chi connectivity index (χ0v) is 17.3. The second kappa shape index (κ2) is 22.4. The summed E-state index contributed by atoms with van der Waals surface area (Å²) in [7, 11) is 0.467. The molecule has 0 saturated heterocycles. The third-order valence-corrected chi connectivity index (χ3v) is 3.87. The lowest BCUT2D eigenvalue weighted by atomic mass is 10.1. The van der Waals surface area contributed by atoms with Crippen molar-refractivity contribution in [3.8, 4) is 0 Å². The standard InChI is InChI=1S/C12H25NO2.C5H11O5P/c1-2-3-4-5-6-7-8-9-12(15)13-10-11-14;1-8-3-5(9-2)4-10-11(6)7/h14H,2-11H2,1H3,(H,13,15);5H,3-4H2,1-2H3/p+1. The molecule has 0 aliphatic carbocycles. The van der Waals surface area contributed by atoms with E-state index in [2.05, 4.69) is 16.8 Å². The number of hydrogen-bond acceptors (Lipinski definition) is 6. The molecule has 0 aliphatic rings. The zero-order chi connectivity index (χ0) is 20.0. The Labute approximate surface area is 158 Å². The van der Waals surface area contributed by atoms with Gasteiger partial charge in [-0.05, 0) is 6.42 Å². The fraction of sp³-hybridized carbons (Fsp3) is 0.941. The molecule has 1 amide bonds. The third kappa shape index (κ3) is 23.4. The number of rotatable bonds is 16. The molecular formula is C17H37NO7P+. The van der Waals surface area contributed by atoms with Crippen LogP contribution in [0.15, 0.2) is 0 Å². The van der Waals surface area contributed by atoms with Crippen molar-refractivity contribution in [2.45, 2.75) is 64.4 Å². The maximum atomic E-state index is 11.1. The first kappa shape index (κ1) is 27.6. The molecule has 0 fully saturated rings. The number of aliphatic hydroxyl groups is 1. The first-order chi connectivity index (χ1) is 12.5. The van der Waals surface area contributed by atoms with Crippen LogP contribution in [-0.2, 0) is 23.4 Å². The lowest BCUT2D eigenvalue weighted by Gasteiger charge is -2.09. The fourth-order valence-corrected chi connectivity index (χ4v) is 2.34. The molecule has 156 valence electrons. The third-order valence-electron chi connectivity index (χ3n) is 3.50. The van der Waals surface area contributed by atoms with Gasteiger partial charge in [0.1, 0.15) is 12.7 Å². The molecule has 2 unspecified atom stereocenters. The Bertz CT molecular complexity index is 332. The van der Waals surface area contributed by atoms with E-state index < -0.39 is 8.25 Å². The first-order valence-corrected chi connectivity index (χ1v) is 10.3. The van der Waals surface area contributed by atoms with Crippen LogP contribution in [0.5, 0.6) is 0 Å². The highest BCUT2D eigenvalue weighted by molar-refractivity contribution is 7.32. The summed E-state index contributed by atoms with van der Waals surface area (Å²) in [6, 6.07) is 0. The molecule has 0 aliphatic heterocycles. The molecule has 9 heteroatoms. The Morgan fingerprint density at radius 3 is 2.19 bits per heavy atom. The molecule has 0 aromatic rings. The summed E-state index contributed by atoms with van der Waals surface area (Å²) in [6.07, 6.45) is 8.92. The van der Waals surface area contributed by atoms with E-state index >= 15 is 0 Å². The minimum Gasteiger partial charge on any atom is -0.395 e. The zero-order valence-electron chi connectivity index (χ0n) is 16.4. The number of nitrogens with one attached hydrogen (secondary N) is 1. The molecule has 0 bridgehead atoms. The van der Waals surface area contributed by atoms with Crippen molar-refractivity contribution in [1.29, 1.82) is 0 Å². The van der Waals surface area contributed by atoms with E-state index in [0.29, 0.717) is 19.6 Å². The molecule has 0 radical (unpaired) electrons. The van der Waals surface area contributed by atoms with Gasteiger partial charge in [0, 0.05) is 31.8 Å². The summed E-state index contributed by atoms with van der Waals surface area (Å²) >= 11 is 0. The van der Waals surface area contributed by atoms with Crippen LogP contribution in [0.3, 0.4) is 0 Å². The lowest BCUT2D eigenvalue weighted by molar-refractivity contribution is -0.121. The highest BCUT2D eigenvalue weighted by Gasteiger charge is 2.17. The summed E-state index contributed by atoms with van der Waals surface area (Å²) in [6.45, 7) is 3.04. The van der Waals surface area contributed by atoms with Gasteiger partial charge in [-0.1, -0.05) is 45.4 Å². The topological polar surface area (TPSA) is 114 Å². The monoisotopic (exact) mass is 398 g/mol. The molecule has 26 heavy (non-hydrogen) atoms. The molecule has 3 N–H and O–H groups in total. The van der Waals surface area contributed by atoms with Crippen molar-refractivity contribution in [3.05, 3.63) is 0 Å². The number of carbonyl (C=O) groups excluding carboxylic acids is 1. The van der Waals surface area contributed by atoms with Crippen molar-refractivity contribution in [2.75, 3.05) is 40.6 Å². The lowest BCUT2D eigenvalue weighted by Crippen LogP contribution is -2.25. The molecule has 0 aromatic carbocycles. The highest BCUT2D eigenvalue weighted by atomic mass is 31.1. The number of hydrogen-bond donors (Lipinski definition) is 3. The Hall–Kier alpha value is -0.630. The van der Waals surface area contributed by atoms with E-state index in [1.807, 2.05) is 0 Å². The van der Waals surface area contributed by atoms with Crippen molar-refractivity contribution in [2.24, 2.45) is 0 Å². The Kier molecular flexibility index (Phi) is 23.8. The first-order valence-electron chi connectivity index (χ1n) is 9.20. The van der Waals surface area contributed by atoms with Crippen LogP contribution in [0.25, 0.3) is 0 Å². The van der Waals surface area contributed by atoms with Crippen LogP contribution in [-0.4, -0.2) is 62.6 Å². The number of aliphatic hydroxyl groups excluding tert-OH is 1. The molecule has 0 spiro atoms. The highest BCUT2D eigenvalue weighted by Crippen LogP contribution is 2.14. The number of ether oxygens (including phenoxy) is 2. The SMILES string of the molecule is CCCCCCCCCC(=O)NCCO.COCC(CO[P+](=O)O)OC. The maximum Gasteiger partial charge on any atom is 0.694 e. The average Bonchev–Trinajstić information content (AvgIpc) is 2.63. The second-order valence-electron chi connectivity index (χ2n) is 5.79. The number of amides is 1. The van der Waals surface area contributed by atoms with E-state index in [4.69, 9.17) is 19.5 Å². The van der Waals surface area contributed by atoms with Gasteiger partial charge in [-0.25, -0.2) is 0 Å². The molecular weight excluding hydrogens is 361 g/mol. The maximum absolute atomic E-state index is 11.1. The van der Waals surface area contributed by atoms with Gasteiger partial charge in [0.25, 0.3) is 0 Å². The van der Waals surface area contributed by atoms with Gasteiger partial charge in [-0.15, -0.1) is 9.42 Å². The minimum absolute atomic E-state index is 0.0305. The molecule has 8 nitrogen and oxygen atoms in total. The Morgan fingerprint density at radius 1 is 1.08 bits per heavy atom. The van der Waals surface area contributed by atoms with E-state index in [-0.39, 0.29) is 25.2 Å². The van der Waals surface area contributed by atoms with E-state index in [1.54, 1.807) is 0 Å². The van der Waals surface area contributed by atoms with Crippen molar-refractivity contribution in [3.63, 3.8) is 0 Å². The smallest absolute Gasteiger partial charge is 0.395 e. The molecule has 0 aromatic heterocycles. The fourth-order valence-electron chi connectivity index (χ4n) is 2.04. The molecule has 0 heterocycles. The second-order valence-corrected chi connectivity index (χ2v) is 6.53. The number of unbranched alkanes of at least 4 members (excludes halogenated alkanes) is 6. The summed E-state index contributed by atoms with van der Waals surface area (Å²) in [5, 5.41) is 11.1. The van der Waals surface area contributed by atoms with Gasteiger partial charge < -0.3 is 19.9 Å². The number of carbonyl (C=O) groups is 1. The van der Waals surface area contributed by atoms with Gasteiger partial charge in [0.15, 0.2) is 0 Å².